The maximum atomic E-state index is 13.1. The Kier molecular flexibility index (Phi) is 6.66. The van der Waals surface area contributed by atoms with E-state index in [4.69, 9.17) is 0 Å². The molecule has 5 nitrogen and oxygen atoms in total. The topological polar surface area (TPSA) is 75.3 Å². The summed E-state index contributed by atoms with van der Waals surface area (Å²) in [6, 6.07) is 14.4. The van der Waals surface area contributed by atoms with Crippen LogP contribution in [-0.2, 0) is 21.2 Å². The Labute approximate surface area is 147 Å². The van der Waals surface area contributed by atoms with Crippen LogP contribution in [0.5, 0.6) is 0 Å². The molecule has 2 aromatic carbocycles. The lowest BCUT2D eigenvalue weighted by molar-refractivity contribution is -0.121. The van der Waals surface area contributed by atoms with Crippen molar-refractivity contribution in [2.45, 2.75) is 18.9 Å². The van der Waals surface area contributed by atoms with E-state index in [-0.39, 0.29) is 12.3 Å². The smallest absolute Gasteiger partial charge is 0.221 e. The van der Waals surface area contributed by atoms with Crippen molar-refractivity contribution in [3.05, 3.63) is 71.5 Å². The van der Waals surface area contributed by atoms with E-state index in [2.05, 4.69) is 10.0 Å². The third kappa shape index (κ3) is 7.03. The maximum absolute atomic E-state index is 13.1. The van der Waals surface area contributed by atoms with Gasteiger partial charge in [-0.1, -0.05) is 42.5 Å². The van der Waals surface area contributed by atoms with Gasteiger partial charge in [0.2, 0.25) is 15.9 Å². The molecular formula is C18H21FN2O3S. The van der Waals surface area contributed by atoms with Crippen LogP contribution in [-0.4, -0.2) is 27.1 Å². The summed E-state index contributed by atoms with van der Waals surface area (Å²) in [4.78, 5) is 12.1. The van der Waals surface area contributed by atoms with Gasteiger partial charge in [0.25, 0.3) is 0 Å². The highest BCUT2D eigenvalue weighted by Gasteiger charge is 2.19. The van der Waals surface area contributed by atoms with Crippen molar-refractivity contribution in [2.75, 3.05) is 12.8 Å². The van der Waals surface area contributed by atoms with Gasteiger partial charge in [-0.25, -0.2) is 17.5 Å². The molecule has 134 valence electrons. The summed E-state index contributed by atoms with van der Waals surface area (Å²) in [5.41, 5.74) is 1.64. The number of hydrogen-bond acceptors (Lipinski definition) is 3. The fourth-order valence-corrected chi connectivity index (χ4v) is 3.17. The molecule has 25 heavy (non-hydrogen) atoms. The number of sulfonamides is 1. The molecule has 1 amide bonds. The Morgan fingerprint density at radius 1 is 1.08 bits per heavy atom. The first-order valence-electron chi connectivity index (χ1n) is 7.87. The summed E-state index contributed by atoms with van der Waals surface area (Å²) in [6.07, 6.45) is 1.65. The standard InChI is InChI=1S/C18H21FN2O3S/c1-25(23,24)21-17(15-7-9-16(19)10-8-15)13-18(22)20-12-11-14-5-3-2-4-6-14/h2-10,17,21H,11-13H2,1H3,(H,20,22). The number of benzene rings is 2. The van der Waals surface area contributed by atoms with E-state index in [1.165, 1.54) is 24.3 Å². The first-order valence-corrected chi connectivity index (χ1v) is 9.76. The third-order valence-electron chi connectivity index (χ3n) is 3.60. The zero-order chi connectivity index (χ0) is 18.3. The molecule has 2 aromatic rings. The van der Waals surface area contributed by atoms with Crippen LogP contribution >= 0.6 is 0 Å². The first-order chi connectivity index (χ1) is 11.8. The van der Waals surface area contributed by atoms with Crippen molar-refractivity contribution in [3.63, 3.8) is 0 Å². The van der Waals surface area contributed by atoms with Gasteiger partial charge < -0.3 is 5.32 Å². The van der Waals surface area contributed by atoms with Gasteiger partial charge in [-0.3, -0.25) is 4.79 Å². The average Bonchev–Trinajstić information content (AvgIpc) is 2.54. The minimum absolute atomic E-state index is 0.0620. The molecule has 0 aliphatic carbocycles. The van der Waals surface area contributed by atoms with E-state index in [9.17, 15) is 17.6 Å². The Morgan fingerprint density at radius 3 is 2.32 bits per heavy atom. The summed E-state index contributed by atoms with van der Waals surface area (Å²) >= 11 is 0. The summed E-state index contributed by atoms with van der Waals surface area (Å²) in [5.74, 6) is -0.699. The summed E-state index contributed by atoms with van der Waals surface area (Å²) in [7, 11) is -3.51. The lowest BCUT2D eigenvalue weighted by atomic mass is 10.0. The SMILES string of the molecule is CS(=O)(=O)NC(CC(=O)NCCc1ccccc1)c1ccc(F)cc1. The van der Waals surface area contributed by atoms with Crippen molar-refractivity contribution in [2.24, 2.45) is 0 Å². The number of rotatable bonds is 8. The van der Waals surface area contributed by atoms with Crippen LogP contribution in [0, 0.1) is 5.82 Å². The fraction of sp³-hybridized carbons (Fsp3) is 0.278. The van der Waals surface area contributed by atoms with Gasteiger partial charge in [-0.05, 0) is 29.7 Å². The number of halogens is 1. The van der Waals surface area contributed by atoms with Gasteiger partial charge in [0.15, 0.2) is 0 Å². The van der Waals surface area contributed by atoms with Gasteiger partial charge in [0.05, 0.1) is 12.3 Å². The van der Waals surface area contributed by atoms with Gasteiger partial charge >= 0.3 is 0 Å². The fourth-order valence-electron chi connectivity index (χ4n) is 2.43. The molecule has 0 fully saturated rings. The average molecular weight is 364 g/mol. The molecule has 0 saturated heterocycles. The summed E-state index contributed by atoms with van der Waals surface area (Å²) < 4.78 is 38.6. The largest absolute Gasteiger partial charge is 0.356 e. The molecule has 0 aliphatic heterocycles. The predicted octanol–water partition coefficient (Wildman–Crippen LogP) is 2.17. The van der Waals surface area contributed by atoms with Crippen LogP contribution in [0.1, 0.15) is 23.6 Å². The molecule has 2 rings (SSSR count). The molecule has 0 saturated carbocycles. The Bertz CT molecular complexity index is 793. The van der Waals surface area contributed by atoms with Crippen LogP contribution < -0.4 is 10.0 Å². The van der Waals surface area contributed by atoms with Crippen molar-refractivity contribution in [1.82, 2.24) is 10.0 Å². The van der Waals surface area contributed by atoms with E-state index < -0.39 is 21.9 Å². The molecule has 0 aromatic heterocycles. The number of carbonyl (C=O) groups is 1. The van der Waals surface area contributed by atoms with E-state index in [0.717, 1.165) is 11.8 Å². The van der Waals surface area contributed by atoms with E-state index >= 15 is 0 Å². The van der Waals surface area contributed by atoms with Gasteiger partial charge in [0, 0.05) is 13.0 Å². The maximum Gasteiger partial charge on any atom is 0.221 e. The molecule has 2 N–H and O–H groups in total. The van der Waals surface area contributed by atoms with Gasteiger partial charge in [0.1, 0.15) is 5.82 Å². The number of amides is 1. The Hall–Kier alpha value is -2.25. The molecular weight excluding hydrogens is 343 g/mol. The minimum atomic E-state index is -3.51. The highest BCUT2D eigenvalue weighted by Crippen LogP contribution is 2.18. The van der Waals surface area contributed by atoms with E-state index in [0.29, 0.717) is 18.5 Å². The highest BCUT2D eigenvalue weighted by molar-refractivity contribution is 7.88. The molecule has 0 bridgehead atoms. The highest BCUT2D eigenvalue weighted by atomic mass is 32.2. The zero-order valence-corrected chi connectivity index (χ0v) is 14.7. The van der Waals surface area contributed by atoms with Gasteiger partial charge in [-0.15, -0.1) is 0 Å². The second-order valence-corrected chi connectivity index (χ2v) is 7.56. The van der Waals surface area contributed by atoms with Crippen LogP contribution in [0.4, 0.5) is 4.39 Å². The van der Waals surface area contributed by atoms with E-state index in [1.54, 1.807) is 0 Å². The van der Waals surface area contributed by atoms with Crippen LogP contribution in [0.2, 0.25) is 0 Å². The van der Waals surface area contributed by atoms with Crippen molar-refractivity contribution >= 4 is 15.9 Å². The Morgan fingerprint density at radius 2 is 1.72 bits per heavy atom. The van der Waals surface area contributed by atoms with Crippen LogP contribution in [0.15, 0.2) is 54.6 Å². The minimum Gasteiger partial charge on any atom is -0.356 e. The van der Waals surface area contributed by atoms with Crippen LogP contribution in [0.25, 0.3) is 0 Å². The normalized spacial score (nSPS) is 12.6. The second-order valence-electron chi connectivity index (χ2n) is 5.78. The summed E-state index contributed by atoms with van der Waals surface area (Å²) in [5, 5.41) is 2.78. The zero-order valence-electron chi connectivity index (χ0n) is 13.9. The molecule has 0 radical (unpaired) electrons. The predicted molar refractivity (Wildman–Crippen MR) is 94.9 cm³/mol. The lowest BCUT2D eigenvalue weighted by Gasteiger charge is -2.18. The lowest BCUT2D eigenvalue weighted by Crippen LogP contribution is -2.34. The molecule has 1 atom stereocenters. The number of carbonyl (C=O) groups excluding carboxylic acids is 1. The van der Waals surface area contributed by atoms with Crippen LogP contribution in [0.3, 0.4) is 0 Å². The van der Waals surface area contributed by atoms with Crippen molar-refractivity contribution in [1.29, 1.82) is 0 Å². The molecule has 0 spiro atoms. The molecule has 7 heteroatoms. The quantitative estimate of drug-likeness (QED) is 0.754. The first kappa shape index (κ1) is 19.1. The van der Waals surface area contributed by atoms with Gasteiger partial charge in [-0.2, -0.15) is 0 Å². The Balaban J connectivity index is 1.95. The van der Waals surface area contributed by atoms with E-state index in [1.807, 2.05) is 30.3 Å². The summed E-state index contributed by atoms with van der Waals surface area (Å²) in [6.45, 7) is 0.456. The molecule has 1 unspecified atom stereocenters. The number of hydrogen-bond donors (Lipinski definition) is 2. The van der Waals surface area contributed by atoms with Crippen molar-refractivity contribution in [3.8, 4) is 0 Å². The second kappa shape index (κ2) is 8.73. The molecule has 0 aliphatic rings. The molecule has 0 heterocycles. The third-order valence-corrected chi connectivity index (χ3v) is 4.31. The monoisotopic (exact) mass is 364 g/mol. The van der Waals surface area contributed by atoms with Crippen molar-refractivity contribution < 1.29 is 17.6 Å². The number of nitrogens with one attached hydrogen (secondary N) is 2.